The molecule has 9 nitrogen and oxygen atoms in total. The Morgan fingerprint density at radius 1 is 0.977 bits per heavy atom. The molecule has 1 unspecified atom stereocenters. The van der Waals surface area contributed by atoms with Gasteiger partial charge in [0.15, 0.2) is 16.8 Å². The van der Waals surface area contributed by atoms with Crippen LogP contribution in [0.4, 0.5) is 10.5 Å². The highest BCUT2D eigenvalue weighted by atomic mass is 32.2. The molecule has 222 valence electrons. The summed E-state index contributed by atoms with van der Waals surface area (Å²) >= 11 is 1.26. The van der Waals surface area contributed by atoms with Crippen molar-refractivity contribution in [2.45, 2.75) is 37.4 Å². The number of carboxylic acids is 1. The maximum absolute atomic E-state index is 13.8. The molecule has 0 spiro atoms. The second kappa shape index (κ2) is 11.3. The highest BCUT2D eigenvalue weighted by Crippen LogP contribution is 2.48. The molecule has 5 heterocycles. The Hall–Kier alpha value is -3.86. The van der Waals surface area contributed by atoms with E-state index in [9.17, 15) is 19.5 Å². The number of carbonyl (C=O) groups excluding carboxylic acids is 2. The van der Waals surface area contributed by atoms with Crippen LogP contribution in [0.1, 0.15) is 34.3 Å². The molecule has 0 radical (unpaired) electrons. The number of hydrogen-bond acceptors (Lipinski definition) is 7. The van der Waals surface area contributed by atoms with Crippen LogP contribution in [0, 0.1) is 5.92 Å². The number of amides is 2. The predicted octanol–water partition coefficient (Wildman–Crippen LogP) is 4.98. The van der Waals surface area contributed by atoms with Gasteiger partial charge in [0.1, 0.15) is 24.9 Å². The van der Waals surface area contributed by atoms with Crippen LogP contribution in [0.2, 0.25) is 0 Å². The van der Waals surface area contributed by atoms with Crippen molar-refractivity contribution in [1.29, 1.82) is 0 Å². The van der Waals surface area contributed by atoms with E-state index in [1.54, 1.807) is 18.2 Å². The predicted molar refractivity (Wildman–Crippen MR) is 163 cm³/mol. The second-order valence-corrected chi connectivity index (χ2v) is 13.0. The number of rotatable bonds is 8. The van der Waals surface area contributed by atoms with Crippen LogP contribution in [0.15, 0.2) is 72.8 Å². The normalized spacial score (nSPS) is 27.5. The Balaban J connectivity index is 1.11. The van der Waals surface area contributed by atoms with Gasteiger partial charge >= 0.3 is 12.1 Å². The molecule has 5 aliphatic heterocycles. The van der Waals surface area contributed by atoms with Gasteiger partial charge in [-0.25, -0.2) is 4.79 Å². The Labute approximate surface area is 254 Å². The monoisotopic (exact) mass is 600 g/mol. The van der Waals surface area contributed by atoms with E-state index in [0.29, 0.717) is 41.8 Å². The van der Waals surface area contributed by atoms with Crippen molar-refractivity contribution in [3.05, 3.63) is 89.5 Å². The number of nitrogens with zero attached hydrogens (tertiary/aromatic N) is 3. The summed E-state index contributed by atoms with van der Waals surface area (Å²) in [7, 11) is 0. The van der Waals surface area contributed by atoms with Crippen LogP contribution >= 0.6 is 11.8 Å². The van der Waals surface area contributed by atoms with Crippen LogP contribution < -0.4 is 14.0 Å². The number of carboxylic acid groups (broad SMARTS) is 1. The molecule has 2 amide bonds. The Kier molecular flexibility index (Phi) is 7.36. The summed E-state index contributed by atoms with van der Waals surface area (Å²) in [4.78, 5) is 42.3. The second-order valence-electron chi connectivity index (χ2n) is 11.8. The van der Waals surface area contributed by atoms with Gasteiger partial charge in [0.25, 0.3) is 5.91 Å². The molecule has 0 saturated carbocycles. The number of hydrogen-bond donors (Lipinski definition) is 1. The average molecular weight is 601 g/mol. The first kappa shape index (κ1) is 27.9. The number of carbonyl (C=O) groups is 3. The zero-order valence-electron chi connectivity index (χ0n) is 23.8. The molecule has 1 N–H and O–H groups in total. The molecular weight excluding hydrogens is 566 g/mol. The number of fused-ring (bicyclic) bond motifs is 4. The minimum Gasteiger partial charge on any atom is -0.489 e. The van der Waals surface area contributed by atoms with Crippen LogP contribution in [0.25, 0.3) is 0 Å². The van der Waals surface area contributed by atoms with Crippen LogP contribution in [0.5, 0.6) is 11.5 Å². The maximum atomic E-state index is 13.8. The number of quaternary nitrogens is 1. The number of piperidine rings is 3. The van der Waals surface area contributed by atoms with Gasteiger partial charge in [-0.1, -0.05) is 36.4 Å². The quantitative estimate of drug-likeness (QED) is 0.362. The molecule has 2 bridgehead atoms. The maximum Gasteiger partial charge on any atom is 0.527 e. The molecule has 3 aromatic carbocycles. The summed E-state index contributed by atoms with van der Waals surface area (Å²) in [6.45, 7) is 4.18. The molecule has 8 rings (SSSR count). The van der Waals surface area contributed by atoms with E-state index >= 15 is 0 Å². The summed E-state index contributed by atoms with van der Waals surface area (Å²) in [6, 6.07) is 23.0. The molecule has 3 atom stereocenters. The number of para-hydroxylation sites is 2. The molecular formula is C33H34N3O6S+. The smallest absolute Gasteiger partial charge is 0.489 e. The van der Waals surface area contributed by atoms with Gasteiger partial charge in [0.05, 0.1) is 6.54 Å². The molecule has 43 heavy (non-hydrogen) atoms. The fourth-order valence-electron chi connectivity index (χ4n) is 7.19. The Bertz CT molecular complexity index is 1570. The summed E-state index contributed by atoms with van der Waals surface area (Å²) < 4.78 is 12.2. The van der Waals surface area contributed by atoms with Crippen molar-refractivity contribution in [1.82, 2.24) is 14.3 Å². The van der Waals surface area contributed by atoms with Crippen molar-refractivity contribution in [3.8, 4) is 11.5 Å². The van der Waals surface area contributed by atoms with E-state index < -0.39 is 11.3 Å². The van der Waals surface area contributed by atoms with Gasteiger partial charge in [-0.15, -0.1) is 11.8 Å². The SMILES string of the molecule is O=C(O)[C@@H]1SCCN1C(=O)c1cccc(COc2cccc(C[N+]3([C@H]4CN5CCC4CC5)C(=O)Oc4ccccc43)c2)c1. The molecule has 0 aliphatic carbocycles. The molecule has 4 fully saturated rings. The topological polar surface area (TPSA) is 96.4 Å². The third kappa shape index (κ3) is 5.07. The van der Waals surface area contributed by atoms with Crippen molar-refractivity contribution in [2.24, 2.45) is 5.92 Å². The number of aliphatic carboxylic acids is 1. The fraction of sp³-hybridized carbons (Fsp3) is 0.364. The lowest BCUT2D eigenvalue weighted by Crippen LogP contribution is -2.68. The fourth-order valence-corrected chi connectivity index (χ4v) is 8.24. The molecule has 4 saturated heterocycles. The van der Waals surface area contributed by atoms with E-state index in [0.717, 1.165) is 49.3 Å². The molecule has 10 heteroatoms. The van der Waals surface area contributed by atoms with Crippen molar-refractivity contribution >= 4 is 35.4 Å². The molecule has 3 aromatic rings. The zero-order valence-corrected chi connectivity index (χ0v) is 24.6. The van der Waals surface area contributed by atoms with E-state index in [1.807, 2.05) is 54.6 Å². The average Bonchev–Trinajstić information content (AvgIpc) is 3.64. The number of benzene rings is 3. The summed E-state index contributed by atoms with van der Waals surface area (Å²) in [5.74, 6) is 1.09. The summed E-state index contributed by atoms with van der Waals surface area (Å²) in [5, 5.41) is 8.61. The van der Waals surface area contributed by atoms with Crippen molar-refractivity contribution in [2.75, 3.05) is 31.9 Å². The van der Waals surface area contributed by atoms with Crippen molar-refractivity contribution < 1.29 is 29.0 Å². The first-order valence-corrected chi connectivity index (χ1v) is 15.9. The standard InChI is InChI=1S/C33H33N3O6S/c37-30(35-15-16-43-31(35)32(38)39)25-7-3-6-23(17-25)21-41-26-8-4-5-22(18-26)20-36(28-19-34-13-11-24(28)12-14-34)27-9-1-2-10-29(27)42-33(36)40/h1-10,17-18,24,28,31H,11-16,19-21H2/p+1/t28-,31-,36?/m0/s1. The van der Waals surface area contributed by atoms with Gasteiger partial charge in [0.2, 0.25) is 0 Å². The molecule has 5 aliphatic rings. The van der Waals surface area contributed by atoms with Gasteiger partial charge < -0.3 is 19.5 Å². The van der Waals surface area contributed by atoms with E-state index in [4.69, 9.17) is 9.47 Å². The van der Waals surface area contributed by atoms with Crippen molar-refractivity contribution in [3.63, 3.8) is 0 Å². The highest BCUT2D eigenvalue weighted by Gasteiger charge is 2.59. The number of thioether (sulfide) groups is 1. The minimum atomic E-state index is -1.00. The summed E-state index contributed by atoms with van der Waals surface area (Å²) in [5.41, 5.74) is 3.17. The van der Waals surface area contributed by atoms with Gasteiger partial charge in [0, 0.05) is 35.4 Å². The first-order valence-electron chi connectivity index (χ1n) is 14.8. The zero-order chi connectivity index (χ0) is 29.6. The van der Waals surface area contributed by atoms with Crippen LogP contribution in [-0.4, -0.2) is 76.2 Å². The highest BCUT2D eigenvalue weighted by molar-refractivity contribution is 8.00. The van der Waals surface area contributed by atoms with E-state index in [-0.39, 0.29) is 29.1 Å². The third-order valence-electron chi connectivity index (χ3n) is 9.28. The Morgan fingerprint density at radius 3 is 2.56 bits per heavy atom. The van der Waals surface area contributed by atoms with Crippen LogP contribution in [-0.2, 0) is 17.9 Å². The Morgan fingerprint density at radius 2 is 1.77 bits per heavy atom. The lowest BCUT2D eigenvalue weighted by atomic mass is 9.81. The van der Waals surface area contributed by atoms with Gasteiger partial charge in [-0.05, 0) is 61.8 Å². The third-order valence-corrected chi connectivity index (χ3v) is 10.5. The van der Waals surface area contributed by atoms with Gasteiger partial charge in [-0.2, -0.15) is 9.28 Å². The van der Waals surface area contributed by atoms with E-state index in [2.05, 4.69) is 4.90 Å². The summed E-state index contributed by atoms with van der Waals surface area (Å²) in [6.07, 6.45) is 1.98. The molecule has 0 aromatic heterocycles. The lowest BCUT2D eigenvalue weighted by molar-refractivity contribution is -0.138. The first-order chi connectivity index (χ1) is 20.9. The van der Waals surface area contributed by atoms with E-state index in [1.165, 1.54) is 16.7 Å². The minimum absolute atomic E-state index is 0.123. The lowest BCUT2D eigenvalue weighted by Gasteiger charge is -2.50. The largest absolute Gasteiger partial charge is 0.527 e. The van der Waals surface area contributed by atoms with Crippen LogP contribution in [0.3, 0.4) is 0 Å². The number of ether oxygens (including phenoxy) is 2. The van der Waals surface area contributed by atoms with Gasteiger partial charge in [-0.3, -0.25) is 9.69 Å².